The quantitative estimate of drug-likeness (QED) is 0.121. The molecule has 1 amide bonds. The van der Waals surface area contributed by atoms with Crippen molar-refractivity contribution < 1.29 is 42.8 Å². The molecule has 3 fully saturated rings. The van der Waals surface area contributed by atoms with Crippen LogP contribution in [0.5, 0.6) is 11.8 Å². The van der Waals surface area contributed by atoms with Crippen LogP contribution in [0.25, 0.3) is 32.9 Å². The molecule has 3 aliphatic rings. The fourth-order valence-corrected chi connectivity index (χ4v) is 8.28. The van der Waals surface area contributed by atoms with Crippen LogP contribution < -0.4 is 14.4 Å². The van der Waals surface area contributed by atoms with E-state index in [1.807, 2.05) is 34.7 Å². The molecule has 0 bridgehead atoms. The number of nitrogens with zero attached hydrogens (tertiary/aromatic N) is 6. The molecule has 1 N–H and O–H groups in total. The smallest absolute Gasteiger partial charge is 0.410 e. The van der Waals surface area contributed by atoms with E-state index in [-0.39, 0.29) is 61.0 Å². The Bertz CT molecular complexity index is 2440. The maximum Gasteiger partial charge on any atom is 0.410 e. The number of carboxylic acids is 1. The normalized spacial score (nSPS) is 18.7. The number of fused-ring (bicyclic) bond motifs is 2. The Morgan fingerprint density at radius 1 is 1.03 bits per heavy atom. The lowest BCUT2D eigenvalue weighted by molar-refractivity contribution is -0.0367. The van der Waals surface area contributed by atoms with E-state index in [4.69, 9.17) is 38.8 Å². The van der Waals surface area contributed by atoms with Crippen molar-refractivity contribution in [1.82, 2.24) is 24.6 Å². The summed E-state index contributed by atoms with van der Waals surface area (Å²) < 4.78 is 48.8. The number of aromatic carboxylic acids is 1. The summed E-state index contributed by atoms with van der Waals surface area (Å²) in [6.07, 6.45) is 6.11. The van der Waals surface area contributed by atoms with Gasteiger partial charge in [-0.1, -0.05) is 12.1 Å². The van der Waals surface area contributed by atoms with Gasteiger partial charge in [0, 0.05) is 67.9 Å². The number of ether oxygens (including phenoxy) is 5. The molecule has 61 heavy (non-hydrogen) atoms. The van der Waals surface area contributed by atoms with Crippen LogP contribution in [0.15, 0.2) is 42.6 Å². The van der Waals surface area contributed by atoms with Gasteiger partial charge in [-0.25, -0.2) is 18.7 Å². The monoisotopic (exact) mass is 838 g/mol. The van der Waals surface area contributed by atoms with E-state index >= 15 is 4.39 Å². The van der Waals surface area contributed by atoms with Crippen LogP contribution in [0.2, 0.25) is 0 Å². The molecule has 1 saturated carbocycles. The van der Waals surface area contributed by atoms with Crippen molar-refractivity contribution in [3.05, 3.63) is 70.7 Å². The molecule has 4 heterocycles. The molecule has 14 nitrogen and oxygen atoms in total. The Hall–Kier alpha value is -5.54. The summed E-state index contributed by atoms with van der Waals surface area (Å²) in [4.78, 5) is 38.8. The molecular formula is C46H55FN6O8. The van der Waals surface area contributed by atoms with E-state index in [1.165, 1.54) is 0 Å². The van der Waals surface area contributed by atoms with Crippen molar-refractivity contribution in [2.24, 2.45) is 0 Å². The molecule has 2 aliphatic heterocycles. The van der Waals surface area contributed by atoms with Gasteiger partial charge in [-0.15, -0.1) is 0 Å². The van der Waals surface area contributed by atoms with E-state index in [1.54, 1.807) is 60.1 Å². The number of amides is 1. The first kappa shape index (κ1) is 42.2. The molecule has 3 aromatic carbocycles. The van der Waals surface area contributed by atoms with Crippen LogP contribution in [-0.2, 0) is 20.8 Å². The first-order chi connectivity index (χ1) is 29.2. The Morgan fingerprint density at radius 2 is 1.80 bits per heavy atom. The molecule has 1 unspecified atom stereocenters. The lowest BCUT2D eigenvalue weighted by atomic mass is 9.88. The van der Waals surface area contributed by atoms with Gasteiger partial charge in [0.25, 0.3) is 0 Å². The van der Waals surface area contributed by atoms with E-state index in [0.717, 1.165) is 48.6 Å². The number of halogens is 1. The summed E-state index contributed by atoms with van der Waals surface area (Å²) in [5, 5.41) is 15.9. The Kier molecular flexibility index (Phi) is 11.8. The van der Waals surface area contributed by atoms with Crippen LogP contribution in [0.1, 0.15) is 105 Å². The number of carboxylic acid groups (broad SMARTS) is 1. The summed E-state index contributed by atoms with van der Waals surface area (Å²) in [6.45, 7) is 11.0. The zero-order valence-electron chi connectivity index (χ0n) is 36.0. The summed E-state index contributed by atoms with van der Waals surface area (Å²) in [6, 6.07) is 10.2. The van der Waals surface area contributed by atoms with Gasteiger partial charge in [0.05, 0.1) is 23.4 Å². The average molecular weight is 839 g/mol. The highest BCUT2D eigenvalue weighted by Crippen LogP contribution is 2.53. The third kappa shape index (κ3) is 8.81. The zero-order valence-corrected chi connectivity index (χ0v) is 36.0. The van der Waals surface area contributed by atoms with E-state index < -0.39 is 11.6 Å². The fraction of sp³-hybridized carbons (Fsp3) is 0.500. The first-order valence-electron chi connectivity index (χ1n) is 21.2. The van der Waals surface area contributed by atoms with E-state index in [0.29, 0.717) is 70.8 Å². The maximum atomic E-state index is 16.5. The van der Waals surface area contributed by atoms with E-state index in [2.05, 4.69) is 11.0 Å². The molecule has 15 heteroatoms. The van der Waals surface area contributed by atoms with Crippen LogP contribution in [0, 0.1) is 12.7 Å². The number of hydrogen-bond donors (Lipinski definition) is 1. The number of carbonyl (C=O) groups is 2. The number of benzene rings is 3. The van der Waals surface area contributed by atoms with Crippen molar-refractivity contribution in [3.63, 3.8) is 0 Å². The van der Waals surface area contributed by atoms with Gasteiger partial charge in [-0.2, -0.15) is 15.1 Å². The molecule has 2 aromatic heterocycles. The Labute approximate surface area is 354 Å². The van der Waals surface area contributed by atoms with Crippen molar-refractivity contribution >= 4 is 39.7 Å². The predicted molar refractivity (Wildman–Crippen MR) is 228 cm³/mol. The summed E-state index contributed by atoms with van der Waals surface area (Å²) in [5.74, 6) is -0.247. The third-order valence-corrected chi connectivity index (χ3v) is 11.9. The molecule has 3 atom stereocenters. The third-order valence-electron chi connectivity index (χ3n) is 11.9. The number of carbonyl (C=O) groups excluding carboxylic acids is 1. The minimum Gasteiger partial charge on any atom is -0.486 e. The van der Waals surface area contributed by atoms with Gasteiger partial charge >= 0.3 is 18.1 Å². The van der Waals surface area contributed by atoms with Gasteiger partial charge < -0.3 is 38.6 Å². The van der Waals surface area contributed by atoms with Gasteiger partial charge in [0.2, 0.25) is 0 Å². The second-order valence-electron chi connectivity index (χ2n) is 17.5. The maximum absolute atomic E-state index is 16.5. The minimum absolute atomic E-state index is 0.0579. The lowest BCUT2D eigenvalue weighted by Crippen LogP contribution is -2.39. The van der Waals surface area contributed by atoms with Gasteiger partial charge in [0.1, 0.15) is 36.0 Å². The van der Waals surface area contributed by atoms with Gasteiger partial charge in [0.15, 0.2) is 12.0 Å². The van der Waals surface area contributed by atoms with Crippen LogP contribution >= 0.6 is 0 Å². The molecule has 5 aromatic rings. The van der Waals surface area contributed by atoms with Crippen LogP contribution in [0.4, 0.5) is 15.0 Å². The highest BCUT2D eigenvalue weighted by atomic mass is 19.1. The largest absolute Gasteiger partial charge is 0.486 e. The highest BCUT2D eigenvalue weighted by molar-refractivity contribution is 6.06. The molecule has 8 rings (SSSR count). The SMILES string of the molecule is CO[C@@H](C)COc1nc(N(C)[C@H]2CCN(C(=O)OC(C)(C)C)C2)c2cc(C3CC3)c(-c3c(C)c(F)cc4c3cnn4C3CCCCO3)c(OCc3ccc(C(=O)O)cc3)c2n1. The number of methoxy groups -OCH3 is 1. The Balaban J connectivity index is 1.34. The fourth-order valence-electron chi connectivity index (χ4n) is 8.28. The zero-order chi connectivity index (χ0) is 43.2. The molecule has 1 aliphatic carbocycles. The number of anilines is 1. The number of aromatic nitrogens is 4. The second kappa shape index (κ2) is 17.1. The highest BCUT2D eigenvalue weighted by Gasteiger charge is 2.37. The van der Waals surface area contributed by atoms with Crippen molar-refractivity contribution in [2.45, 2.75) is 110 Å². The predicted octanol–water partition coefficient (Wildman–Crippen LogP) is 8.81. The second-order valence-corrected chi connectivity index (χ2v) is 17.5. The molecule has 0 spiro atoms. The topological polar surface area (TPSA) is 151 Å². The lowest BCUT2D eigenvalue weighted by Gasteiger charge is -2.29. The van der Waals surface area contributed by atoms with Gasteiger partial charge in [-0.05, 0) is 114 Å². The summed E-state index contributed by atoms with van der Waals surface area (Å²) in [5.41, 5.74) is 4.13. The number of rotatable bonds is 13. The number of hydrogen-bond acceptors (Lipinski definition) is 11. The average Bonchev–Trinajstić information content (AvgIpc) is 3.81. The van der Waals surface area contributed by atoms with Crippen LogP contribution in [0.3, 0.4) is 0 Å². The van der Waals surface area contributed by atoms with Crippen LogP contribution in [-0.4, -0.2) is 100 Å². The molecular weight excluding hydrogens is 784 g/mol. The Morgan fingerprint density at radius 3 is 2.48 bits per heavy atom. The number of likely N-dealkylation sites (tertiary alicyclic amines) is 1. The van der Waals surface area contributed by atoms with Crippen molar-refractivity contribution in [2.75, 3.05) is 45.4 Å². The summed E-state index contributed by atoms with van der Waals surface area (Å²) in [7, 11) is 3.57. The molecule has 2 saturated heterocycles. The van der Waals surface area contributed by atoms with Gasteiger partial charge in [-0.3, -0.25) is 0 Å². The number of likely N-dealkylation sites (N-methyl/N-ethyl adjacent to an activating group) is 1. The molecule has 324 valence electrons. The minimum atomic E-state index is -1.03. The molecule has 0 radical (unpaired) electrons. The first-order valence-corrected chi connectivity index (χ1v) is 21.2. The van der Waals surface area contributed by atoms with Crippen molar-refractivity contribution in [1.29, 1.82) is 0 Å². The standard InChI is InChI=1S/C46H55FN6O8/c1-26(57-7)24-60-44-49-40-33(42(50-44)51(6)31-17-18-52(23-31)45(56)61-46(3,4)5)20-32(29-15-16-29)39(41(40)59-25-28-11-13-30(14-12-28)43(54)55)38-27(2)35(47)21-36-34(38)22-48-53(36)37-10-8-9-19-58-37/h11-14,20-22,26,29,31,37H,8-10,15-19,23-25H2,1-7H3,(H,54,55)/t26-,31-,37?/m0/s1. The van der Waals surface area contributed by atoms with Crippen molar-refractivity contribution in [3.8, 4) is 22.9 Å². The van der Waals surface area contributed by atoms with E-state index in [9.17, 15) is 14.7 Å². The summed E-state index contributed by atoms with van der Waals surface area (Å²) >= 11 is 0.